The van der Waals surface area contributed by atoms with Crippen LogP contribution in [0.1, 0.15) is 28.6 Å². The summed E-state index contributed by atoms with van der Waals surface area (Å²) < 4.78 is 6.85. The average molecular weight is 364 g/mol. The maximum absolute atomic E-state index is 12.2. The summed E-state index contributed by atoms with van der Waals surface area (Å²) in [5, 5.41) is 22.9. The van der Waals surface area contributed by atoms with E-state index in [2.05, 4.69) is 0 Å². The number of rotatable bonds is 4. The molecule has 4 rings (SSSR count). The quantitative estimate of drug-likeness (QED) is 0.568. The van der Waals surface area contributed by atoms with Gasteiger partial charge in [0.2, 0.25) is 11.2 Å². The van der Waals surface area contributed by atoms with Crippen LogP contribution in [-0.2, 0) is 6.61 Å². The third-order valence-corrected chi connectivity index (χ3v) is 5.35. The van der Waals surface area contributed by atoms with Crippen molar-refractivity contribution >= 4 is 21.4 Å². The minimum atomic E-state index is -0.559. The molecule has 2 N–H and O–H groups in total. The average Bonchev–Trinajstić information content (AvgIpc) is 3.10. The number of thiophene rings is 1. The van der Waals surface area contributed by atoms with Crippen LogP contribution >= 0.6 is 11.3 Å². The van der Waals surface area contributed by atoms with Gasteiger partial charge in [0.25, 0.3) is 0 Å². The Morgan fingerprint density at radius 3 is 2.54 bits per heavy atom. The molecule has 2 aromatic carbocycles. The predicted octanol–water partition coefficient (Wildman–Crippen LogP) is 4.23. The number of aromatic hydroxyl groups is 1. The van der Waals surface area contributed by atoms with Crippen LogP contribution in [0.25, 0.3) is 10.1 Å². The monoisotopic (exact) mass is 364 g/mol. The van der Waals surface area contributed by atoms with Crippen LogP contribution in [0.2, 0.25) is 0 Å². The summed E-state index contributed by atoms with van der Waals surface area (Å²) in [6.45, 7) is -0.408. The molecule has 0 bridgehead atoms. The fourth-order valence-electron chi connectivity index (χ4n) is 3.17. The molecule has 0 amide bonds. The van der Waals surface area contributed by atoms with Gasteiger partial charge in [-0.15, -0.1) is 11.3 Å². The van der Waals surface area contributed by atoms with Crippen molar-refractivity contribution in [3.05, 3.63) is 98.9 Å². The first-order chi connectivity index (χ1) is 12.7. The van der Waals surface area contributed by atoms with Gasteiger partial charge < -0.3 is 14.6 Å². The predicted molar refractivity (Wildman–Crippen MR) is 102 cm³/mol. The Bertz CT molecular complexity index is 1110. The Balaban J connectivity index is 2.02. The number of hydrogen-bond donors (Lipinski definition) is 2. The summed E-state index contributed by atoms with van der Waals surface area (Å²) >= 11 is 1.60. The summed E-state index contributed by atoms with van der Waals surface area (Å²) in [6.07, 6.45) is 0. The van der Waals surface area contributed by atoms with Crippen LogP contribution in [0.5, 0.6) is 5.75 Å². The van der Waals surface area contributed by atoms with Crippen LogP contribution in [0.15, 0.2) is 75.3 Å². The van der Waals surface area contributed by atoms with E-state index in [0.717, 1.165) is 27.3 Å². The van der Waals surface area contributed by atoms with Crippen molar-refractivity contribution in [1.29, 1.82) is 0 Å². The summed E-state index contributed by atoms with van der Waals surface area (Å²) in [5.74, 6) is -0.600. The molecule has 2 aromatic heterocycles. The Hall–Kier alpha value is -2.89. The standard InChI is InChI=1S/C21H16O4S/c22-11-14-10-17(23)20(24)21(25-14)19(13-6-2-1-3-7-13)16-12-26-18-9-5-4-8-15(16)18/h1-10,12,19,22,24H,11H2. The van der Waals surface area contributed by atoms with E-state index in [0.29, 0.717) is 0 Å². The molecular formula is C21H16O4S. The molecular weight excluding hydrogens is 348 g/mol. The molecule has 26 heavy (non-hydrogen) atoms. The van der Waals surface area contributed by atoms with E-state index in [1.807, 2.05) is 60.0 Å². The molecule has 1 unspecified atom stereocenters. The minimum Gasteiger partial charge on any atom is -0.502 e. The number of aliphatic hydroxyl groups is 1. The summed E-state index contributed by atoms with van der Waals surface area (Å²) in [4.78, 5) is 12.2. The van der Waals surface area contributed by atoms with Gasteiger partial charge in [-0.3, -0.25) is 4.79 Å². The molecule has 0 saturated heterocycles. The topological polar surface area (TPSA) is 70.7 Å². The largest absolute Gasteiger partial charge is 0.502 e. The van der Waals surface area contributed by atoms with E-state index >= 15 is 0 Å². The van der Waals surface area contributed by atoms with Crippen LogP contribution in [0, 0.1) is 0 Å². The van der Waals surface area contributed by atoms with E-state index in [-0.39, 0.29) is 11.5 Å². The van der Waals surface area contributed by atoms with Crippen molar-refractivity contribution in [2.45, 2.75) is 12.5 Å². The number of benzene rings is 2. The summed E-state index contributed by atoms with van der Waals surface area (Å²) in [5.41, 5.74) is 1.28. The summed E-state index contributed by atoms with van der Waals surface area (Å²) in [7, 11) is 0. The molecule has 0 radical (unpaired) electrons. The van der Waals surface area contributed by atoms with Crippen LogP contribution in [0.3, 0.4) is 0 Å². The number of aliphatic hydroxyl groups excluding tert-OH is 1. The second-order valence-corrected chi connectivity index (χ2v) is 6.89. The van der Waals surface area contributed by atoms with Crippen molar-refractivity contribution in [2.75, 3.05) is 0 Å². The van der Waals surface area contributed by atoms with Crippen LogP contribution in [-0.4, -0.2) is 10.2 Å². The first kappa shape index (κ1) is 16.6. The van der Waals surface area contributed by atoms with E-state index in [1.165, 1.54) is 0 Å². The lowest BCUT2D eigenvalue weighted by Crippen LogP contribution is -2.10. The maximum atomic E-state index is 12.2. The SMILES string of the molecule is O=c1cc(CO)oc(C(c2ccccc2)c2csc3ccccc23)c1O. The lowest BCUT2D eigenvalue weighted by molar-refractivity contribution is 0.235. The first-order valence-corrected chi connectivity index (χ1v) is 9.05. The molecule has 0 fully saturated rings. The zero-order valence-electron chi connectivity index (χ0n) is 13.8. The lowest BCUT2D eigenvalue weighted by Gasteiger charge is -2.18. The van der Waals surface area contributed by atoms with Gasteiger partial charge in [-0.05, 0) is 28.0 Å². The van der Waals surface area contributed by atoms with Crippen molar-refractivity contribution in [3.8, 4) is 5.75 Å². The third-order valence-electron chi connectivity index (χ3n) is 4.37. The van der Waals surface area contributed by atoms with Gasteiger partial charge >= 0.3 is 0 Å². The molecule has 0 aliphatic rings. The highest BCUT2D eigenvalue weighted by Gasteiger charge is 2.27. The van der Waals surface area contributed by atoms with E-state index in [1.54, 1.807) is 11.3 Å². The second-order valence-electron chi connectivity index (χ2n) is 5.98. The number of hydrogen-bond acceptors (Lipinski definition) is 5. The minimum absolute atomic E-state index is 0.128. The highest BCUT2D eigenvalue weighted by atomic mass is 32.1. The normalized spacial score (nSPS) is 12.3. The molecule has 0 aliphatic heterocycles. The Morgan fingerprint density at radius 1 is 1.04 bits per heavy atom. The molecule has 5 heteroatoms. The molecule has 4 aromatic rings. The fourth-order valence-corrected chi connectivity index (χ4v) is 4.16. The Kier molecular flexibility index (Phi) is 4.32. The highest BCUT2D eigenvalue weighted by molar-refractivity contribution is 7.17. The smallest absolute Gasteiger partial charge is 0.227 e. The molecule has 1 atom stereocenters. The molecule has 130 valence electrons. The van der Waals surface area contributed by atoms with Gasteiger partial charge in [0, 0.05) is 10.8 Å². The second kappa shape index (κ2) is 6.78. The number of fused-ring (bicyclic) bond motifs is 1. The van der Waals surface area contributed by atoms with Crippen LogP contribution in [0.4, 0.5) is 0 Å². The third kappa shape index (κ3) is 2.81. The van der Waals surface area contributed by atoms with Crippen LogP contribution < -0.4 is 5.43 Å². The van der Waals surface area contributed by atoms with Crippen molar-refractivity contribution in [1.82, 2.24) is 0 Å². The lowest BCUT2D eigenvalue weighted by atomic mass is 9.88. The maximum Gasteiger partial charge on any atom is 0.227 e. The zero-order chi connectivity index (χ0) is 18.1. The van der Waals surface area contributed by atoms with Gasteiger partial charge in [-0.2, -0.15) is 0 Å². The zero-order valence-corrected chi connectivity index (χ0v) is 14.6. The Morgan fingerprint density at radius 2 is 1.77 bits per heavy atom. The highest BCUT2D eigenvalue weighted by Crippen LogP contribution is 2.41. The van der Waals surface area contributed by atoms with Gasteiger partial charge in [-0.25, -0.2) is 0 Å². The molecule has 4 nitrogen and oxygen atoms in total. The van der Waals surface area contributed by atoms with Crippen molar-refractivity contribution < 1.29 is 14.6 Å². The Labute approximate surface area is 153 Å². The summed E-state index contributed by atoms with van der Waals surface area (Å²) in [6, 6.07) is 18.7. The van der Waals surface area contributed by atoms with Gasteiger partial charge in [0.1, 0.15) is 12.4 Å². The molecule has 0 aliphatic carbocycles. The molecule has 0 saturated carbocycles. The van der Waals surface area contributed by atoms with E-state index < -0.39 is 23.7 Å². The van der Waals surface area contributed by atoms with E-state index in [4.69, 9.17) is 4.42 Å². The fraction of sp³-hybridized carbons (Fsp3) is 0.0952. The van der Waals surface area contributed by atoms with Gasteiger partial charge in [0.05, 0.1) is 5.92 Å². The first-order valence-electron chi connectivity index (χ1n) is 8.17. The molecule has 0 spiro atoms. The van der Waals surface area contributed by atoms with Crippen molar-refractivity contribution in [3.63, 3.8) is 0 Å². The van der Waals surface area contributed by atoms with Gasteiger partial charge in [0.15, 0.2) is 5.76 Å². The molecule has 2 heterocycles. The van der Waals surface area contributed by atoms with E-state index in [9.17, 15) is 15.0 Å². The van der Waals surface area contributed by atoms with Gasteiger partial charge in [-0.1, -0.05) is 48.5 Å². The van der Waals surface area contributed by atoms with Crippen molar-refractivity contribution in [2.24, 2.45) is 0 Å².